The number of benzene rings is 2. The van der Waals surface area contributed by atoms with E-state index in [9.17, 15) is 9.90 Å². The first-order valence-corrected chi connectivity index (χ1v) is 9.88. The van der Waals surface area contributed by atoms with Gasteiger partial charge in [-0.3, -0.25) is 9.20 Å². The van der Waals surface area contributed by atoms with Crippen molar-refractivity contribution in [3.05, 3.63) is 87.3 Å². The number of rotatable bonds is 6. The molecular weight excluding hydrogens is 418 g/mol. The zero-order valence-corrected chi connectivity index (χ0v) is 17.7. The molecule has 0 atom stereocenters. The number of anilines is 2. The van der Waals surface area contributed by atoms with Crippen LogP contribution in [0.1, 0.15) is 11.1 Å². The van der Waals surface area contributed by atoms with E-state index < -0.39 is 6.61 Å². The van der Waals surface area contributed by atoms with E-state index in [-0.39, 0.29) is 16.9 Å². The zero-order chi connectivity index (χ0) is 22.0. The molecule has 0 aliphatic rings. The molecule has 0 saturated heterocycles. The summed E-state index contributed by atoms with van der Waals surface area (Å²) in [5, 5.41) is 13.2. The molecule has 0 unspecified atom stereocenters. The number of pyridine rings is 1. The van der Waals surface area contributed by atoms with Crippen LogP contribution in [0.5, 0.6) is 17.2 Å². The highest BCUT2D eigenvalue weighted by Gasteiger charge is 2.15. The van der Waals surface area contributed by atoms with Crippen LogP contribution in [0.15, 0.2) is 65.6 Å². The van der Waals surface area contributed by atoms with Gasteiger partial charge in [0, 0.05) is 11.9 Å². The lowest BCUT2D eigenvalue weighted by atomic mass is 10.2. The molecule has 31 heavy (non-hydrogen) atoms. The maximum absolute atomic E-state index is 12.8. The van der Waals surface area contributed by atoms with E-state index in [1.165, 1.54) is 11.5 Å². The number of aromatic nitrogens is 2. The predicted octanol–water partition coefficient (Wildman–Crippen LogP) is 4.69. The second kappa shape index (κ2) is 8.67. The number of hydrogen-bond donors (Lipinski definition) is 2. The third-order valence-corrected chi connectivity index (χ3v) is 5.03. The van der Waals surface area contributed by atoms with Gasteiger partial charge in [-0.05, 0) is 49.4 Å². The number of aliphatic hydroxyl groups is 1. The fourth-order valence-corrected chi connectivity index (χ4v) is 3.33. The number of nitrogens with one attached hydrogen (secondary N) is 1. The lowest BCUT2D eigenvalue weighted by Crippen LogP contribution is -2.22. The molecule has 0 aliphatic heterocycles. The average Bonchev–Trinajstić information content (AvgIpc) is 2.77. The van der Waals surface area contributed by atoms with Crippen LogP contribution in [0.3, 0.4) is 0 Å². The summed E-state index contributed by atoms with van der Waals surface area (Å²) in [7, 11) is 1.50. The van der Waals surface area contributed by atoms with Crippen molar-refractivity contribution in [2.24, 2.45) is 0 Å². The molecule has 8 heteroatoms. The van der Waals surface area contributed by atoms with Gasteiger partial charge in [0.15, 0.2) is 11.4 Å². The Morgan fingerprint density at radius 3 is 2.58 bits per heavy atom. The number of ether oxygens (including phenoxy) is 2. The van der Waals surface area contributed by atoms with Crippen LogP contribution in [-0.2, 0) is 6.61 Å². The van der Waals surface area contributed by atoms with Gasteiger partial charge in [-0.25, -0.2) is 4.98 Å². The summed E-state index contributed by atoms with van der Waals surface area (Å²) in [5.41, 5.74) is 1.79. The summed E-state index contributed by atoms with van der Waals surface area (Å²) in [5.74, 6) is 1.83. The van der Waals surface area contributed by atoms with Gasteiger partial charge in [0.05, 0.1) is 24.3 Å². The number of aliphatic hydroxyl groups excluding tert-OH is 1. The smallest absolute Gasteiger partial charge is 0.265 e. The van der Waals surface area contributed by atoms with Gasteiger partial charge in [-0.2, -0.15) is 0 Å². The third-order valence-electron chi connectivity index (χ3n) is 4.73. The van der Waals surface area contributed by atoms with E-state index in [1.54, 1.807) is 36.5 Å². The lowest BCUT2D eigenvalue weighted by Gasteiger charge is -2.14. The van der Waals surface area contributed by atoms with E-state index in [0.717, 1.165) is 5.56 Å². The molecule has 7 nitrogen and oxygen atoms in total. The zero-order valence-electron chi connectivity index (χ0n) is 16.9. The minimum atomic E-state index is -0.476. The van der Waals surface area contributed by atoms with E-state index in [1.807, 2.05) is 31.2 Å². The molecule has 158 valence electrons. The van der Waals surface area contributed by atoms with Crippen molar-refractivity contribution in [3.8, 4) is 17.2 Å². The molecule has 4 rings (SSSR count). The van der Waals surface area contributed by atoms with Crippen molar-refractivity contribution < 1.29 is 14.6 Å². The predicted molar refractivity (Wildman–Crippen MR) is 120 cm³/mol. The van der Waals surface area contributed by atoms with E-state index in [2.05, 4.69) is 10.3 Å². The Labute approximate surface area is 183 Å². The molecule has 2 aromatic carbocycles. The standard InChI is InChI=1S/C23H20ClN3O4/c1-14-5-8-16(9-6-14)31-19-10-7-15(12-18(19)24)25-21-17(13-28)23(29)27-11-3-4-20(30-2)22(27)26-21/h3-12,25,28H,13H2,1-2H3. The van der Waals surface area contributed by atoms with E-state index in [0.29, 0.717) is 33.6 Å². The van der Waals surface area contributed by atoms with Crippen LogP contribution in [0, 0.1) is 6.92 Å². The van der Waals surface area contributed by atoms with Crippen LogP contribution in [-0.4, -0.2) is 21.6 Å². The van der Waals surface area contributed by atoms with E-state index in [4.69, 9.17) is 21.1 Å². The molecule has 0 radical (unpaired) electrons. The Morgan fingerprint density at radius 2 is 1.90 bits per heavy atom. The third kappa shape index (κ3) is 4.19. The quantitative estimate of drug-likeness (QED) is 0.455. The molecule has 0 bridgehead atoms. The number of nitrogens with zero attached hydrogens (tertiary/aromatic N) is 2. The normalized spacial score (nSPS) is 10.8. The highest BCUT2D eigenvalue weighted by atomic mass is 35.5. The molecule has 2 N–H and O–H groups in total. The summed E-state index contributed by atoms with van der Waals surface area (Å²) in [6.45, 7) is 1.52. The summed E-state index contributed by atoms with van der Waals surface area (Å²) < 4.78 is 12.5. The maximum Gasteiger partial charge on any atom is 0.265 e. The van der Waals surface area contributed by atoms with Gasteiger partial charge in [0.1, 0.15) is 17.3 Å². The molecule has 0 spiro atoms. The second-order valence-electron chi connectivity index (χ2n) is 6.86. The summed E-state index contributed by atoms with van der Waals surface area (Å²) in [6.07, 6.45) is 1.57. The van der Waals surface area contributed by atoms with Gasteiger partial charge in [0.2, 0.25) is 0 Å². The fourth-order valence-electron chi connectivity index (χ4n) is 3.11. The number of fused-ring (bicyclic) bond motifs is 1. The molecule has 4 aromatic rings. The van der Waals surface area contributed by atoms with Gasteiger partial charge in [-0.15, -0.1) is 0 Å². The molecule has 0 fully saturated rings. The highest BCUT2D eigenvalue weighted by molar-refractivity contribution is 6.32. The van der Waals surface area contributed by atoms with Crippen LogP contribution in [0.2, 0.25) is 5.02 Å². The van der Waals surface area contributed by atoms with Crippen molar-refractivity contribution >= 4 is 28.8 Å². The van der Waals surface area contributed by atoms with Gasteiger partial charge >= 0.3 is 0 Å². The van der Waals surface area contributed by atoms with Crippen molar-refractivity contribution in [2.45, 2.75) is 13.5 Å². The molecule has 0 saturated carbocycles. The van der Waals surface area contributed by atoms with Crippen LogP contribution in [0.25, 0.3) is 5.65 Å². The van der Waals surface area contributed by atoms with Crippen molar-refractivity contribution in [3.63, 3.8) is 0 Å². The molecular formula is C23H20ClN3O4. The average molecular weight is 438 g/mol. The second-order valence-corrected chi connectivity index (χ2v) is 7.26. The van der Waals surface area contributed by atoms with Gasteiger partial charge < -0.3 is 19.9 Å². The SMILES string of the molecule is COc1cccn2c(=O)c(CO)c(Nc3ccc(Oc4ccc(C)cc4)c(Cl)c3)nc12. The Balaban J connectivity index is 1.68. The first kappa shape index (κ1) is 20.7. The molecule has 0 aliphatic carbocycles. The van der Waals surface area contributed by atoms with Gasteiger partial charge in [-0.1, -0.05) is 29.3 Å². The topological polar surface area (TPSA) is 85.1 Å². The summed E-state index contributed by atoms with van der Waals surface area (Å²) in [6, 6.07) is 16.2. The Hall–Kier alpha value is -3.55. The Morgan fingerprint density at radius 1 is 1.13 bits per heavy atom. The van der Waals surface area contributed by atoms with Crippen molar-refractivity contribution in [2.75, 3.05) is 12.4 Å². The molecule has 2 heterocycles. The lowest BCUT2D eigenvalue weighted by molar-refractivity contribution is 0.280. The first-order valence-electron chi connectivity index (χ1n) is 9.50. The van der Waals surface area contributed by atoms with Crippen molar-refractivity contribution in [1.29, 1.82) is 0 Å². The number of methoxy groups -OCH3 is 1. The largest absolute Gasteiger partial charge is 0.493 e. The first-order chi connectivity index (χ1) is 15.0. The van der Waals surface area contributed by atoms with E-state index >= 15 is 0 Å². The molecule has 0 amide bonds. The maximum atomic E-state index is 12.8. The number of aryl methyl sites for hydroxylation is 1. The van der Waals surface area contributed by atoms with Crippen molar-refractivity contribution in [1.82, 2.24) is 9.38 Å². The molecule has 2 aromatic heterocycles. The Kier molecular flexibility index (Phi) is 5.79. The van der Waals surface area contributed by atoms with Crippen LogP contribution in [0.4, 0.5) is 11.5 Å². The monoisotopic (exact) mass is 437 g/mol. The number of hydrogen-bond acceptors (Lipinski definition) is 6. The Bertz CT molecular complexity index is 1300. The summed E-state index contributed by atoms with van der Waals surface area (Å²) >= 11 is 6.40. The number of halogens is 1. The summed E-state index contributed by atoms with van der Waals surface area (Å²) in [4.78, 5) is 17.3. The van der Waals surface area contributed by atoms with Crippen LogP contribution >= 0.6 is 11.6 Å². The van der Waals surface area contributed by atoms with Gasteiger partial charge in [0.25, 0.3) is 5.56 Å². The minimum absolute atomic E-state index is 0.127. The van der Waals surface area contributed by atoms with Crippen LogP contribution < -0.4 is 20.3 Å². The minimum Gasteiger partial charge on any atom is -0.493 e. The highest BCUT2D eigenvalue weighted by Crippen LogP contribution is 2.33. The fraction of sp³-hybridized carbons (Fsp3) is 0.130.